The maximum absolute atomic E-state index is 12.3. The highest BCUT2D eigenvalue weighted by atomic mass is 16.4. The summed E-state index contributed by atoms with van der Waals surface area (Å²) < 4.78 is 5.86. The number of rotatable bonds is 3. The molecule has 1 saturated heterocycles. The van der Waals surface area contributed by atoms with E-state index in [-0.39, 0.29) is 18.6 Å². The molecule has 1 aromatic carbocycles. The van der Waals surface area contributed by atoms with E-state index in [0.29, 0.717) is 13.0 Å². The smallest absolute Gasteiger partial charge is 0.318 e. The van der Waals surface area contributed by atoms with Gasteiger partial charge in [-0.2, -0.15) is 0 Å². The Morgan fingerprint density at radius 2 is 2.13 bits per heavy atom. The van der Waals surface area contributed by atoms with Crippen molar-refractivity contribution in [2.24, 2.45) is 5.92 Å². The van der Waals surface area contributed by atoms with Gasteiger partial charge in [0, 0.05) is 24.0 Å². The Morgan fingerprint density at radius 1 is 1.39 bits per heavy atom. The first kappa shape index (κ1) is 15.4. The number of benzene rings is 1. The molecule has 6 heteroatoms. The quantitative estimate of drug-likeness (QED) is 0.912. The standard InChI is InChI=1S/C17H20N2O4/c1-10-13-5-3-4-6-14(13)23-15(10)11(2)18-17(22)19-8-7-12(9-19)16(20)21/h3-6,11-12H,7-9H2,1-2H3,(H,18,22)(H,20,21)/t11-,12?/m0/s1. The number of hydrogen-bond acceptors (Lipinski definition) is 3. The second-order valence-electron chi connectivity index (χ2n) is 6.03. The largest absolute Gasteiger partial charge is 0.481 e. The number of likely N-dealkylation sites (tertiary alicyclic amines) is 1. The molecule has 2 aromatic rings. The van der Waals surface area contributed by atoms with Crippen LogP contribution in [0.3, 0.4) is 0 Å². The lowest BCUT2D eigenvalue weighted by Crippen LogP contribution is -2.40. The molecule has 1 unspecified atom stereocenters. The van der Waals surface area contributed by atoms with Gasteiger partial charge in [0.2, 0.25) is 0 Å². The number of aryl methyl sites for hydroxylation is 1. The van der Waals surface area contributed by atoms with Gasteiger partial charge < -0.3 is 19.7 Å². The fourth-order valence-corrected chi connectivity index (χ4v) is 3.09. The third kappa shape index (κ3) is 2.88. The number of furan rings is 1. The zero-order valence-corrected chi connectivity index (χ0v) is 13.2. The first-order valence-electron chi connectivity index (χ1n) is 7.73. The van der Waals surface area contributed by atoms with Crippen LogP contribution in [0.2, 0.25) is 0 Å². The van der Waals surface area contributed by atoms with Crippen LogP contribution < -0.4 is 5.32 Å². The number of fused-ring (bicyclic) bond motifs is 1. The number of nitrogens with one attached hydrogen (secondary N) is 1. The highest BCUT2D eigenvalue weighted by molar-refractivity contribution is 5.82. The van der Waals surface area contributed by atoms with Gasteiger partial charge in [-0.25, -0.2) is 4.79 Å². The van der Waals surface area contributed by atoms with Gasteiger partial charge in [-0.3, -0.25) is 4.79 Å². The van der Waals surface area contributed by atoms with E-state index in [1.54, 1.807) is 4.90 Å². The first-order chi connectivity index (χ1) is 11.0. The third-order valence-electron chi connectivity index (χ3n) is 4.44. The van der Waals surface area contributed by atoms with Gasteiger partial charge in [-0.05, 0) is 26.3 Å². The van der Waals surface area contributed by atoms with E-state index in [1.807, 2.05) is 38.1 Å². The predicted molar refractivity (Wildman–Crippen MR) is 85.2 cm³/mol. The van der Waals surface area contributed by atoms with Crippen molar-refractivity contribution in [2.75, 3.05) is 13.1 Å². The van der Waals surface area contributed by atoms with Crippen molar-refractivity contribution in [1.29, 1.82) is 0 Å². The molecular formula is C17H20N2O4. The average Bonchev–Trinajstić information content (AvgIpc) is 3.13. The summed E-state index contributed by atoms with van der Waals surface area (Å²) >= 11 is 0. The van der Waals surface area contributed by atoms with E-state index < -0.39 is 11.9 Å². The highest BCUT2D eigenvalue weighted by Gasteiger charge is 2.31. The third-order valence-corrected chi connectivity index (χ3v) is 4.44. The van der Waals surface area contributed by atoms with Gasteiger partial charge in [0.25, 0.3) is 0 Å². The molecule has 6 nitrogen and oxygen atoms in total. The lowest BCUT2D eigenvalue weighted by atomic mass is 10.1. The number of carbonyl (C=O) groups is 2. The molecule has 1 aliphatic rings. The number of carboxylic acid groups (broad SMARTS) is 1. The molecule has 0 radical (unpaired) electrons. The summed E-state index contributed by atoms with van der Waals surface area (Å²) in [6.45, 7) is 4.56. The average molecular weight is 316 g/mol. The van der Waals surface area contributed by atoms with Gasteiger partial charge in [-0.15, -0.1) is 0 Å². The van der Waals surface area contributed by atoms with Crippen LogP contribution >= 0.6 is 0 Å². The van der Waals surface area contributed by atoms with E-state index in [1.165, 1.54) is 0 Å². The summed E-state index contributed by atoms with van der Waals surface area (Å²) in [5.74, 6) is -0.584. The maximum atomic E-state index is 12.3. The molecule has 0 bridgehead atoms. The summed E-state index contributed by atoms with van der Waals surface area (Å²) in [4.78, 5) is 24.8. The van der Waals surface area contributed by atoms with Crippen molar-refractivity contribution in [3.8, 4) is 0 Å². The predicted octanol–water partition coefficient (Wildman–Crippen LogP) is 2.92. The van der Waals surface area contributed by atoms with Crippen LogP contribution in [0.4, 0.5) is 4.79 Å². The molecule has 0 spiro atoms. The zero-order valence-electron chi connectivity index (χ0n) is 13.2. The fourth-order valence-electron chi connectivity index (χ4n) is 3.09. The molecule has 0 aliphatic carbocycles. The summed E-state index contributed by atoms with van der Waals surface area (Å²) in [6, 6.07) is 7.23. The van der Waals surface area contributed by atoms with Gasteiger partial charge in [0.15, 0.2) is 0 Å². The van der Waals surface area contributed by atoms with Crippen LogP contribution in [0.25, 0.3) is 11.0 Å². The van der Waals surface area contributed by atoms with Gasteiger partial charge in [0.1, 0.15) is 11.3 Å². The van der Waals surface area contributed by atoms with Crippen LogP contribution in [0.1, 0.15) is 30.7 Å². The van der Waals surface area contributed by atoms with E-state index in [0.717, 1.165) is 22.3 Å². The number of nitrogens with zero attached hydrogens (tertiary/aromatic N) is 1. The van der Waals surface area contributed by atoms with Crippen LogP contribution in [-0.2, 0) is 4.79 Å². The molecule has 122 valence electrons. The Hall–Kier alpha value is -2.50. The minimum absolute atomic E-state index is 0.249. The lowest BCUT2D eigenvalue weighted by molar-refractivity contribution is -0.141. The van der Waals surface area contributed by atoms with Gasteiger partial charge >= 0.3 is 12.0 Å². The second-order valence-corrected chi connectivity index (χ2v) is 6.03. The van der Waals surface area contributed by atoms with Crippen LogP contribution in [0.5, 0.6) is 0 Å². The molecule has 0 saturated carbocycles. The van der Waals surface area contributed by atoms with Crippen LogP contribution in [0, 0.1) is 12.8 Å². The summed E-state index contributed by atoms with van der Waals surface area (Å²) in [5.41, 5.74) is 1.81. The van der Waals surface area contributed by atoms with Gasteiger partial charge in [-0.1, -0.05) is 18.2 Å². The Labute approximate surface area is 134 Å². The lowest BCUT2D eigenvalue weighted by Gasteiger charge is -2.20. The van der Waals surface area contributed by atoms with Crippen molar-refractivity contribution >= 4 is 23.0 Å². The maximum Gasteiger partial charge on any atom is 0.318 e. The van der Waals surface area contributed by atoms with E-state index >= 15 is 0 Å². The molecular weight excluding hydrogens is 296 g/mol. The van der Waals surface area contributed by atoms with E-state index in [9.17, 15) is 9.59 Å². The SMILES string of the molecule is Cc1c([C@H](C)NC(=O)N2CCC(C(=O)O)C2)oc2ccccc12. The Bertz CT molecular complexity index is 752. The Kier molecular flexibility index (Phi) is 3.98. The van der Waals surface area contributed by atoms with Gasteiger partial charge in [0.05, 0.1) is 12.0 Å². The minimum atomic E-state index is -0.846. The first-order valence-corrected chi connectivity index (χ1v) is 7.73. The molecule has 2 heterocycles. The van der Waals surface area contributed by atoms with E-state index in [4.69, 9.17) is 9.52 Å². The Balaban J connectivity index is 1.71. The molecule has 2 N–H and O–H groups in total. The minimum Gasteiger partial charge on any atom is -0.481 e. The molecule has 2 amide bonds. The highest BCUT2D eigenvalue weighted by Crippen LogP contribution is 2.29. The van der Waals surface area contributed by atoms with Crippen molar-refractivity contribution in [1.82, 2.24) is 10.2 Å². The van der Waals surface area contributed by atoms with Crippen molar-refractivity contribution in [3.63, 3.8) is 0 Å². The van der Waals surface area contributed by atoms with E-state index in [2.05, 4.69) is 5.32 Å². The number of amides is 2. The molecule has 1 aliphatic heterocycles. The summed E-state index contributed by atoms with van der Waals surface area (Å²) in [6.07, 6.45) is 0.501. The topological polar surface area (TPSA) is 82.8 Å². The van der Waals surface area contributed by atoms with Crippen LogP contribution in [-0.4, -0.2) is 35.1 Å². The molecule has 3 rings (SSSR count). The molecule has 23 heavy (non-hydrogen) atoms. The number of carboxylic acids is 1. The van der Waals surface area contributed by atoms with Crippen LogP contribution in [0.15, 0.2) is 28.7 Å². The Morgan fingerprint density at radius 3 is 2.78 bits per heavy atom. The number of hydrogen-bond donors (Lipinski definition) is 2. The summed E-state index contributed by atoms with van der Waals surface area (Å²) in [5, 5.41) is 13.0. The monoisotopic (exact) mass is 316 g/mol. The number of para-hydroxylation sites is 1. The molecule has 1 fully saturated rings. The second kappa shape index (κ2) is 5.95. The summed E-state index contributed by atoms with van der Waals surface area (Å²) in [7, 11) is 0. The molecule has 2 atom stereocenters. The number of carbonyl (C=O) groups excluding carboxylic acids is 1. The van der Waals surface area contributed by atoms with Crippen molar-refractivity contribution in [2.45, 2.75) is 26.3 Å². The fraction of sp³-hybridized carbons (Fsp3) is 0.412. The normalized spacial score (nSPS) is 19.0. The van der Waals surface area contributed by atoms with Crippen molar-refractivity contribution < 1.29 is 19.1 Å². The molecule has 1 aromatic heterocycles. The van der Waals surface area contributed by atoms with Crippen molar-refractivity contribution in [3.05, 3.63) is 35.6 Å². The number of urea groups is 1. The number of aliphatic carboxylic acids is 1. The zero-order chi connectivity index (χ0) is 16.6.